The highest BCUT2D eigenvalue weighted by molar-refractivity contribution is 5.95. The van der Waals surface area contributed by atoms with Crippen LogP contribution < -0.4 is 9.47 Å². The second-order valence-electron chi connectivity index (χ2n) is 12.1. The average Bonchev–Trinajstić information content (AvgIpc) is 3.49. The van der Waals surface area contributed by atoms with Crippen LogP contribution in [-0.2, 0) is 19.4 Å². The predicted molar refractivity (Wildman–Crippen MR) is 165 cm³/mol. The van der Waals surface area contributed by atoms with Crippen molar-refractivity contribution in [2.45, 2.75) is 38.3 Å². The third-order valence-corrected chi connectivity index (χ3v) is 8.73. The quantitative estimate of drug-likeness (QED) is 0.154. The highest BCUT2D eigenvalue weighted by atomic mass is 19.4. The molecule has 11 heteroatoms. The molecule has 0 bridgehead atoms. The zero-order chi connectivity index (χ0) is 32.6. The lowest BCUT2D eigenvalue weighted by molar-refractivity contribution is -0.142. The van der Waals surface area contributed by atoms with E-state index >= 15 is 0 Å². The van der Waals surface area contributed by atoms with Gasteiger partial charge in [0.2, 0.25) is 5.88 Å². The van der Waals surface area contributed by atoms with Crippen LogP contribution in [0.2, 0.25) is 0 Å². The van der Waals surface area contributed by atoms with E-state index in [2.05, 4.69) is 10.1 Å². The van der Waals surface area contributed by atoms with Crippen LogP contribution in [0.3, 0.4) is 0 Å². The van der Waals surface area contributed by atoms with Crippen molar-refractivity contribution in [1.82, 2.24) is 19.7 Å². The number of alkyl halides is 3. The summed E-state index contributed by atoms with van der Waals surface area (Å²) in [6, 6.07) is 27.1. The Balaban J connectivity index is 1.04. The SMILES string of the molecule is O=C(c1cc(OCc2ccccc2)ccc1F)N1CC2(CC(n3nc(C(F)(F)F)cc3-c3cccnc3OCc3ccccc3)C2)C1. The van der Waals surface area contributed by atoms with E-state index in [-0.39, 0.29) is 41.8 Å². The number of aromatic nitrogens is 3. The first-order valence-electron chi connectivity index (χ1n) is 15.2. The highest BCUT2D eigenvalue weighted by Crippen LogP contribution is 2.55. The zero-order valence-corrected chi connectivity index (χ0v) is 25.2. The van der Waals surface area contributed by atoms with Gasteiger partial charge in [0, 0.05) is 24.7 Å². The molecule has 1 spiro atoms. The molecular weight excluding hydrogens is 612 g/mol. The molecule has 47 heavy (non-hydrogen) atoms. The van der Waals surface area contributed by atoms with Gasteiger partial charge in [-0.25, -0.2) is 9.37 Å². The standard InChI is InChI=1S/C36H30F4N4O3/c37-30-14-13-27(46-20-24-8-3-1-4-9-24)16-29(30)34(45)43-22-35(23-43)18-26(19-35)44-31(17-32(42-44)36(38,39)40)28-12-7-15-41-33(28)47-21-25-10-5-2-6-11-25/h1-17,26H,18-23H2. The Morgan fingerprint density at radius 1 is 0.851 bits per heavy atom. The van der Waals surface area contributed by atoms with Gasteiger partial charge in [-0.1, -0.05) is 60.7 Å². The van der Waals surface area contributed by atoms with E-state index in [1.807, 2.05) is 60.7 Å². The number of likely N-dealkylation sites (tertiary alicyclic amines) is 1. The Kier molecular flexibility index (Phi) is 7.91. The van der Waals surface area contributed by atoms with Crippen LogP contribution in [0.5, 0.6) is 11.6 Å². The van der Waals surface area contributed by atoms with E-state index in [0.717, 1.165) is 17.2 Å². The van der Waals surface area contributed by atoms with Gasteiger partial charge in [-0.3, -0.25) is 9.48 Å². The summed E-state index contributed by atoms with van der Waals surface area (Å²) in [5, 5.41) is 3.99. The molecule has 240 valence electrons. The van der Waals surface area contributed by atoms with Crippen molar-refractivity contribution in [3.8, 4) is 22.9 Å². The topological polar surface area (TPSA) is 69.5 Å². The molecule has 1 aliphatic carbocycles. The van der Waals surface area contributed by atoms with Crippen molar-refractivity contribution in [2.75, 3.05) is 13.1 Å². The molecule has 7 nitrogen and oxygen atoms in total. The summed E-state index contributed by atoms with van der Waals surface area (Å²) in [7, 11) is 0. The Morgan fingerprint density at radius 2 is 1.51 bits per heavy atom. The first-order chi connectivity index (χ1) is 22.7. The number of halogens is 4. The Bertz CT molecular complexity index is 1880. The largest absolute Gasteiger partial charge is 0.489 e. The third kappa shape index (κ3) is 6.30. The molecule has 3 heterocycles. The average molecular weight is 643 g/mol. The first-order valence-corrected chi connectivity index (χ1v) is 15.2. The molecule has 0 radical (unpaired) electrons. The summed E-state index contributed by atoms with van der Waals surface area (Å²) < 4.78 is 69.5. The monoisotopic (exact) mass is 642 g/mol. The fraction of sp³-hybridized carbons (Fsp3) is 0.250. The number of amides is 1. The predicted octanol–water partition coefficient (Wildman–Crippen LogP) is 7.74. The van der Waals surface area contributed by atoms with Gasteiger partial charge in [0.25, 0.3) is 5.91 Å². The van der Waals surface area contributed by atoms with Crippen LogP contribution >= 0.6 is 0 Å². The van der Waals surface area contributed by atoms with Gasteiger partial charge in [0.15, 0.2) is 5.69 Å². The molecule has 1 saturated heterocycles. The Hall–Kier alpha value is -5.19. The number of nitrogens with zero attached hydrogens (tertiary/aromatic N) is 4. The van der Waals surface area contributed by atoms with E-state index < -0.39 is 23.6 Å². The lowest BCUT2D eigenvalue weighted by Gasteiger charge is -2.59. The summed E-state index contributed by atoms with van der Waals surface area (Å²) >= 11 is 0. The summed E-state index contributed by atoms with van der Waals surface area (Å²) in [5.74, 6) is -0.502. The number of hydrogen-bond donors (Lipinski definition) is 0. The summed E-state index contributed by atoms with van der Waals surface area (Å²) in [6.07, 6.45) is -2.07. The third-order valence-electron chi connectivity index (χ3n) is 8.73. The van der Waals surface area contributed by atoms with E-state index in [4.69, 9.17) is 9.47 Å². The van der Waals surface area contributed by atoms with E-state index in [1.54, 1.807) is 17.0 Å². The smallest absolute Gasteiger partial charge is 0.435 e. The number of ether oxygens (including phenoxy) is 2. The van der Waals surface area contributed by atoms with Crippen LogP contribution in [0.1, 0.15) is 46.1 Å². The van der Waals surface area contributed by atoms with Crippen molar-refractivity contribution >= 4 is 5.91 Å². The van der Waals surface area contributed by atoms with Gasteiger partial charge in [-0.2, -0.15) is 18.3 Å². The molecule has 1 saturated carbocycles. The van der Waals surface area contributed by atoms with Crippen LogP contribution in [0, 0.1) is 11.2 Å². The second kappa shape index (κ2) is 12.2. The number of benzene rings is 3. The maximum atomic E-state index is 14.7. The maximum absolute atomic E-state index is 14.7. The van der Waals surface area contributed by atoms with Gasteiger partial charge in [-0.05, 0) is 60.4 Å². The number of hydrogen-bond acceptors (Lipinski definition) is 5. The number of rotatable bonds is 9. The van der Waals surface area contributed by atoms with Gasteiger partial charge in [0.05, 0.1) is 22.9 Å². The van der Waals surface area contributed by atoms with Crippen LogP contribution in [-0.4, -0.2) is 38.7 Å². The molecule has 1 aliphatic heterocycles. The fourth-order valence-corrected chi connectivity index (χ4v) is 6.39. The molecular formula is C36H30F4N4O3. The normalized spacial score (nSPS) is 15.6. The molecule has 0 atom stereocenters. The molecule has 1 amide bonds. The minimum atomic E-state index is -4.64. The molecule has 2 aliphatic rings. The molecule has 2 aromatic heterocycles. The minimum absolute atomic E-state index is 0.0786. The molecule has 5 aromatic rings. The summed E-state index contributed by atoms with van der Waals surface area (Å²) in [4.78, 5) is 19.2. The number of carbonyl (C=O) groups excluding carboxylic acids is 1. The Labute approximate surface area is 268 Å². The molecule has 0 unspecified atom stereocenters. The molecule has 7 rings (SSSR count). The molecule has 3 aromatic carbocycles. The first kappa shape index (κ1) is 30.5. The summed E-state index contributed by atoms with van der Waals surface area (Å²) in [5.41, 5.74) is 1.15. The van der Waals surface area contributed by atoms with Crippen molar-refractivity contribution in [3.05, 3.63) is 131 Å². The zero-order valence-electron chi connectivity index (χ0n) is 25.2. The van der Waals surface area contributed by atoms with Crippen molar-refractivity contribution in [1.29, 1.82) is 0 Å². The van der Waals surface area contributed by atoms with Crippen molar-refractivity contribution in [3.63, 3.8) is 0 Å². The van der Waals surface area contributed by atoms with Gasteiger partial charge in [-0.15, -0.1) is 0 Å². The molecule has 0 N–H and O–H groups in total. The van der Waals surface area contributed by atoms with Crippen LogP contribution in [0.25, 0.3) is 11.3 Å². The number of pyridine rings is 1. The number of carbonyl (C=O) groups is 1. The second-order valence-corrected chi connectivity index (χ2v) is 12.1. The van der Waals surface area contributed by atoms with Crippen LogP contribution in [0.15, 0.2) is 103 Å². The van der Waals surface area contributed by atoms with E-state index in [9.17, 15) is 22.4 Å². The van der Waals surface area contributed by atoms with Crippen molar-refractivity contribution < 1.29 is 31.8 Å². The van der Waals surface area contributed by atoms with Gasteiger partial charge in [0.1, 0.15) is 24.8 Å². The maximum Gasteiger partial charge on any atom is 0.435 e. The Morgan fingerprint density at radius 3 is 2.17 bits per heavy atom. The van der Waals surface area contributed by atoms with Gasteiger partial charge < -0.3 is 14.4 Å². The summed E-state index contributed by atoms with van der Waals surface area (Å²) in [6.45, 7) is 1.22. The van der Waals surface area contributed by atoms with Crippen LogP contribution in [0.4, 0.5) is 17.6 Å². The molecule has 2 fully saturated rings. The van der Waals surface area contributed by atoms with Crippen molar-refractivity contribution in [2.24, 2.45) is 5.41 Å². The lowest BCUT2D eigenvalue weighted by atomic mass is 9.60. The highest BCUT2D eigenvalue weighted by Gasteiger charge is 2.55. The van der Waals surface area contributed by atoms with E-state index in [1.165, 1.54) is 29.1 Å². The van der Waals surface area contributed by atoms with Gasteiger partial charge >= 0.3 is 6.18 Å². The fourth-order valence-electron chi connectivity index (χ4n) is 6.39. The van der Waals surface area contributed by atoms with E-state index in [0.29, 0.717) is 37.2 Å². The lowest BCUT2D eigenvalue weighted by Crippen LogP contribution is -2.64. The minimum Gasteiger partial charge on any atom is -0.489 e.